The molecule has 0 spiro atoms. The predicted octanol–water partition coefficient (Wildman–Crippen LogP) is 3.18. The van der Waals surface area contributed by atoms with Gasteiger partial charge in [0.1, 0.15) is 11.0 Å². The minimum absolute atomic E-state index is 0.0423. The second-order valence-corrected chi connectivity index (χ2v) is 7.18. The van der Waals surface area contributed by atoms with E-state index in [1.54, 1.807) is 24.3 Å². The van der Waals surface area contributed by atoms with Gasteiger partial charge in [-0.05, 0) is 37.1 Å². The second kappa shape index (κ2) is 8.26. The van der Waals surface area contributed by atoms with E-state index in [0.717, 1.165) is 10.7 Å². The van der Waals surface area contributed by atoms with E-state index < -0.39 is 6.04 Å². The molecule has 1 aromatic carbocycles. The van der Waals surface area contributed by atoms with Crippen molar-refractivity contribution in [1.82, 2.24) is 15.6 Å². The molecule has 0 aliphatic carbocycles. The Bertz CT molecular complexity index is 713. The lowest BCUT2D eigenvalue weighted by atomic mass is 10.0. The number of halogens is 1. The summed E-state index contributed by atoms with van der Waals surface area (Å²) in [5.74, 6) is -0.565. The van der Waals surface area contributed by atoms with Gasteiger partial charge in [-0.15, -0.1) is 11.3 Å². The van der Waals surface area contributed by atoms with Gasteiger partial charge in [-0.1, -0.05) is 25.4 Å². The molecule has 1 atom stereocenters. The number of carbonyl (C=O) groups excluding carboxylic acids is 2. The van der Waals surface area contributed by atoms with Crippen LogP contribution in [-0.4, -0.2) is 22.8 Å². The Balaban J connectivity index is 1.98. The summed E-state index contributed by atoms with van der Waals surface area (Å²) in [5.41, 5.74) is 1.40. The third-order valence-electron chi connectivity index (χ3n) is 3.42. The molecule has 2 rings (SSSR count). The maximum atomic E-state index is 12.4. The molecular formula is C17H20ClN3O2S. The summed E-state index contributed by atoms with van der Waals surface area (Å²) in [6.45, 7) is 6.04. The highest BCUT2D eigenvalue weighted by molar-refractivity contribution is 7.09. The normalized spacial score (nSPS) is 12.0. The average molecular weight is 366 g/mol. The number of thiazole rings is 1. The number of hydrogen-bond donors (Lipinski definition) is 2. The number of nitrogens with one attached hydrogen (secondary N) is 2. The number of rotatable bonds is 6. The summed E-state index contributed by atoms with van der Waals surface area (Å²) in [6, 6.07) is 5.93. The molecule has 2 amide bonds. The topological polar surface area (TPSA) is 71.1 Å². The van der Waals surface area contributed by atoms with E-state index >= 15 is 0 Å². The van der Waals surface area contributed by atoms with Crippen LogP contribution in [0.15, 0.2) is 29.6 Å². The van der Waals surface area contributed by atoms with Crippen molar-refractivity contribution in [3.05, 3.63) is 50.9 Å². The van der Waals surface area contributed by atoms with Gasteiger partial charge in [0.05, 0.1) is 6.54 Å². The van der Waals surface area contributed by atoms with Crippen LogP contribution in [0, 0.1) is 12.8 Å². The van der Waals surface area contributed by atoms with Crippen LogP contribution in [0.2, 0.25) is 5.02 Å². The maximum Gasteiger partial charge on any atom is 0.251 e. The number of aromatic nitrogens is 1. The highest BCUT2D eigenvalue weighted by atomic mass is 35.5. The molecule has 0 saturated carbocycles. The minimum atomic E-state index is -0.616. The van der Waals surface area contributed by atoms with Crippen molar-refractivity contribution < 1.29 is 9.59 Å². The summed E-state index contributed by atoms with van der Waals surface area (Å²) in [5, 5.41) is 8.95. The van der Waals surface area contributed by atoms with Gasteiger partial charge in [-0.25, -0.2) is 4.98 Å². The van der Waals surface area contributed by atoms with Crippen LogP contribution in [0.3, 0.4) is 0 Å². The van der Waals surface area contributed by atoms with Crippen LogP contribution in [0.25, 0.3) is 0 Å². The molecule has 0 aliphatic rings. The van der Waals surface area contributed by atoms with Gasteiger partial charge in [0.2, 0.25) is 5.91 Å². The third kappa shape index (κ3) is 5.04. The number of carbonyl (C=O) groups is 2. The van der Waals surface area contributed by atoms with Crippen LogP contribution in [-0.2, 0) is 11.3 Å². The SMILES string of the molecule is Cc1csc(CNC(=O)C(NC(=O)c2ccc(Cl)cc2)C(C)C)n1. The molecule has 1 aromatic heterocycles. The fourth-order valence-electron chi connectivity index (χ4n) is 2.12. The van der Waals surface area contributed by atoms with Gasteiger partial charge < -0.3 is 10.6 Å². The van der Waals surface area contributed by atoms with Gasteiger partial charge in [0.15, 0.2) is 0 Å². The van der Waals surface area contributed by atoms with E-state index in [9.17, 15) is 9.59 Å². The summed E-state index contributed by atoms with van der Waals surface area (Å²) in [6.07, 6.45) is 0. The third-order valence-corrected chi connectivity index (χ3v) is 4.64. The Kier molecular flexibility index (Phi) is 6.34. The van der Waals surface area contributed by atoms with E-state index in [-0.39, 0.29) is 17.7 Å². The van der Waals surface area contributed by atoms with Gasteiger partial charge in [-0.2, -0.15) is 0 Å². The van der Waals surface area contributed by atoms with Crippen LogP contribution in [0.1, 0.15) is 34.9 Å². The Morgan fingerprint density at radius 2 is 1.92 bits per heavy atom. The molecule has 0 saturated heterocycles. The molecule has 0 radical (unpaired) electrons. The number of amides is 2. The monoisotopic (exact) mass is 365 g/mol. The summed E-state index contributed by atoms with van der Waals surface area (Å²) in [7, 11) is 0. The van der Waals surface area contributed by atoms with Crippen molar-refractivity contribution in [3.63, 3.8) is 0 Å². The molecule has 2 aromatic rings. The molecule has 128 valence electrons. The van der Waals surface area contributed by atoms with E-state index in [1.807, 2.05) is 26.2 Å². The van der Waals surface area contributed by atoms with Crippen molar-refractivity contribution in [1.29, 1.82) is 0 Å². The van der Waals surface area contributed by atoms with Crippen LogP contribution in [0.5, 0.6) is 0 Å². The van der Waals surface area contributed by atoms with E-state index in [1.165, 1.54) is 11.3 Å². The standard InChI is InChI=1S/C17H20ClN3O2S/c1-10(2)15(17(23)19-8-14-20-11(3)9-24-14)21-16(22)12-4-6-13(18)7-5-12/h4-7,9-10,15H,8H2,1-3H3,(H,19,23)(H,21,22). The quantitative estimate of drug-likeness (QED) is 0.825. The highest BCUT2D eigenvalue weighted by Crippen LogP contribution is 2.11. The molecule has 1 heterocycles. The Hall–Kier alpha value is -1.92. The average Bonchev–Trinajstić information content (AvgIpc) is 2.96. The molecule has 5 nitrogen and oxygen atoms in total. The van der Waals surface area contributed by atoms with E-state index in [4.69, 9.17) is 11.6 Å². The zero-order chi connectivity index (χ0) is 17.7. The molecule has 0 aliphatic heterocycles. The summed E-state index contributed by atoms with van der Waals surface area (Å²) < 4.78 is 0. The molecule has 0 bridgehead atoms. The Morgan fingerprint density at radius 3 is 2.46 bits per heavy atom. The maximum absolute atomic E-state index is 12.4. The zero-order valence-corrected chi connectivity index (χ0v) is 15.4. The van der Waals surface area contributed by atoms with E-state index in [2.05, 4.69) is 15.6 Å². The second-order valence-electron chi connectivity index (χ2n) is 5.80. The lowest BCUT2D eigenvalue weighted by molar-refractivity contribution is -0.124. The molecular weight excluding hydrogens is 346 g/mol. The van der Waals surface area contributed by atoms with E-state index in [0.29, 0.717) is 17.1 Å². The van der Waals surface area contributed by atoms with Crippen molar-refractivity contribution in [2.45, 2.75) is 33.4 Å². The van der Waals surface area contributed by atoms with Crippen molar-refractivity contribution in [2.24, 2.45) is 5.92 Å². The Labute approximate surface area is 150 Å². The smallest absolute Gasteiger partial charge is 0.251 e. The first kappa shape index (κ1) is 18.4. The largest absolute Gasteiger partial charge is 0.348 e. The summed E-state index contributed by atoms with van der Waals surface area (Å²) in [4.78, 5) is 29.0. The van der Waals surface area contributed by atoms with Crippen LogP contribution >= 0.6 is 22.9 Å². The number of nitrogens with zero attached hydrogens (tertiary/aromatic N) is 1. The first-order valence-electron chi connectivity index (χ1n) is 7.62. The molecule has 7 heteroatoms. The number of benzene rings is 1. The first-order valence-corrected chi connectivity index (χ1v) is 8.87. The van der Waals surface area contributed by atoms with Gasteiger partial charge in [0, 0.05) is 21.7 Å². The molecule has 24 heavy (non-hydrogen) atoms. The Morgan fingerprint density at radius 1 is 1.25 bits per heavy atom. The minimum Gasteiger partial charge on any atom is -0.348 e. The molecule has 2 N–H and O–H groups in total. The fraction of sp³-hybridized carbons (Fsp3) is 0.353. The fourth-order valence-corrected chi connectivity index (χ4v) is 2.95. The number of aryl methyl sites for hydroxylation is 1. The lowest BCUT2D eigenvalue weighted by Gasteiger charge is -2.21. The van der Waals surface area contributed by atoms with Crippen LogP contribution < -0.4 is 10.6 Å². The van der Waals surface area contributed by atoms with Crippen LogP contribution in [0.4, 0.5) is 0 Å². The van der Waals surface area contributed by atoms with Gasteiger partial charge in [0.25, 0.3) is 5.91 Å². The van der Waals surface area contributed by atoms with Crippen molar-refractivity contribution in [2.75, 3.05) is 0 Å². The van der Waals surface area contributed by atoms with Crippen molar-refractivity contribution >= 4 is 34.8 Å². The zero-order valence-electron chi connectivity index (χ0n) is 13.8. The predicted molar refractivity (Wildman–Crippen MR) is 96.2 cm³/mol. The number of hydrogen-bond acceptors (Lipinski definition) is 4. The highest BCUT2D eigenvalue weighted by Gasteiger charge is 2.24. The van der Waals surface area contributed by atoms with Crippen molar-refractivity contribution in [3.8, 4) is 0 Å². The summed E-state index contributed by atoms with van der Waals surface area (Å²) >= 11 is 7.32. The molecule has 0 fully saturated rings. The van der Waals surface area contributed by atoms with Gasteiger partial charge in [-0.3, -0.25) is 9.59 Å². The molecule has 1 unspecified atom stereocenters. The van der Waals surface area contributed by atoms with Gasteiger partial charge >= 0.3 is 0 Å². The first-order chi connectivity index (χ1) is 11.4. The lowest BCUT2D eigenvalue weighted by Crippen LogP contribution is -2.49.